The molecule has 1 N–H and O–H groups in total. The van der Waals surface area contributed by atoms with Gasteiger partial charge in [-0.2, -0.15) is 0 Å². The molecule has 1 atom stereocenters. The van der Waals surface area contributed by atoms with Crippen LogP contribution >= 0.6 is 0 Å². The molecular formula is C13H25N3O. The second kappa shape index (κ2) is 7.43. The number of rotatable bonds is 8. The van der Waals surface area contributed by atoms with Crippen LogP contribution < -0.4 is 0 Å². The number of aliphatic hydroxyl groups is 1. The lowest BCUT2D eigenvalue weighted by Crippen LogP contribution is -2.17. The van der Waals surface area contributed by atoms with Gasteiger partial charge in [-0.3, -0.25) is 0 Å². The normalized spacial score (nSPS) is 13.2. The van der Waals surface area contributed by atoms with Crippen molar-refractivity contribution in [3.05, 3.63) is 11.9 Å². The van der Waals surface area contributed by atoms with Crippen molar-refractivity contribution in [1.29, 1.82) is 0 Å². The monoisotopic (exact) mass is 239 g/mol. The van der Waals surface area contributed by atoms with Crippen molar-refractivity contribution < 1.29 is 5.11 Å². The van der Waals surface area contributed by atoms with Crippen molar-refractivity contribution in [2.24, 2.45) is 5.92 Å². The van der Waals surface area contributed by atoms with Gasteiger partial charge in [-0.15, -0.1) is 5.10 Å². The van der Waals surface area contributed by atoms with E-state index in [-0.39, 0.29) is 0 Å². The first kappa shape index (κ1) is 14.2. The molecule has 0 fully saturated rings. The molecule has 0 radical (unpaired) electrons. The van der Waals surface area contributed by atoms with Crippen LogP contribution in [0.3, 0.4) is 0 Å². The van der Waals surface area contributed by atoms with Gasteiger partial charge < -0.3 is 5.11 Å². The number of hydrogen-bond acceptors (Lipinski definition) is 3. The molecule has 4 heteroatoms. The average Bonchev–Trinajstić information content (AvgIpc) is 2.77. The van der Waals surface area contributed by atoms with E-state index in [2.05, 4.69) is 31.1 Å². The molecule has 17 heavy (non-hydrogen) atoms. The molecule has 0 aliphatic heterocycles. The number of nitrogens with zero attached hydrogens (tertiary/aromatic N) is 3. The van der Waals surface area contributed by atoms with E-state index in [4.69, 9.17) is 0 Å². The molecule has 0 spiro atoms. The predicted octanol–water partition coefficient (Wildman–Crippen LogP) is 2.94. The van der Waals surface area contributed by atoms with Gasteiger partial charge in [-0.1, -0.05) is 38.8 Å². The summed E-state index contributed by atoms with van der Waals surface area (Å²) in [6, 6.07) is 0. The van der Waals surface area contributed by atoms with E-state index in [1.807, 2.05) is 4.68 Å². The summed E-state index contributed by atoms with van der Waals surface area (Å²) in [5.41, 5.74) is 0.874. The van der Waals surface area contributed by atoms with Gasteiger partial charge in [0, 0.05) is 6.54 Å². The van der Waals surface area contributed by atoms with Crippen LogP contribution in [0.1, 0.15) is 64.7 Å². The predicted molar refractivity (Wildman–Crippen MR) is 68.6 cm³/mol. The van der Waals surface area contributed by atoms with Gasteiger partial charge in [0.25, 0.3) is 0 Å². The summed E-state index contributed by atoms with van der Waals surface area (Å²) in [6.07, 6.45) is 6.64. The zero-order valence-electron chi connectivity index (χ0n) is 11.3. The maximum Gasteiger partial charge on any atom is 0.100 e. The summed E-state index contributed by atoms with van der Waals surface area (Å²) in [7, 11) is 0. The fourth-order valence-electron chi connectivity index (χ4n) is 2.32. The van der Waals surface area contributed by atoms with Crippen molar-refractivity contribution in [1.82, 2.24) is 15.0 Å². The highest BCUT2D eigenvalue weighted by atomic mass is 16.3. The largest absolute Gasteiger partial charge is 0.386 e. The Morgan fingerprint density at radius 2 is 1.82 bits per heavy atom. The van der Waals surface area contributed by atoms with E-state index in [9.17, 15) is 5.11 Å². The Morgan fingerprint density at radius 1 is 1.18 bits per heavy atom. The van der Waals surface area contributed by atoms with Crippen molar-refractivity contribution in [3.63, 3.8) is 0 Å². The summed E-state index contributed by atoms with van der Waals surface area (Å²) in [5, 5.41) is 18.4. The molecule has 0 bridgehead atoms. The van der Waals surface area contributed by atoms with Crippen molar-refractivity contribution in [2.45, 2.75) is 65.5 Å². The van der Waals surface area contributed by atoms with Crippen LogP contribution in [0.25, 0.3) is 0 Å². The summed E-state index contributed by atoms with van der Waals surface area (Å²) in [4.78, 5) is 0. The molecule has 0 saturated carbocycles. The minimum Gasteiger partial charge on any atom is -0.386 e. The fraction of sp³-hybridized carbons (Fsp3) is 0.846. The minimum absolute atomic E-state index is 0.333. The molecule has 0 aromatic carbocycles. The lowest BCUT2D eigenvalue weighted by Gasteiger charge is -2.22. The average molecular weight is 239 g/mol. The molecular weight excluding hydrogens is 214 g/mol. The van der Waals surface area contributed by atoms with Gasteiger partial charge in [0.1, 0.15) is 6.10 Å². The summed E-state index contributed by atoms with van der Waals surface area (Å²) in [5.74, 6) is 0.333. The first-order valence-electron chi connectivity index (χ1n) is 6.80. The molecule has 1 aromatic heterocycles. The smallest absolute Gasteiger partial charge is 0.100 e. The third-order valence-electron chi connectivity index (χ3n) is 3.15. The van der Waals surface area contributed by atoms with Crippen LogP contribution in [0.2, 0.25) is 0 Å². The Kier molecular flexibility index (Phi) is 6.19. The quantitative estimate of drug-likeness (QED) is 0.759. The molecule has 4 nitrogen and oxygen atoms in total. The molecule has 1 unspecified atom stereocenters. The summed E-state index contributed by atoms with van der Waals surface area (Å²) < 4.78 is 1.84. The molecule has 1 aromatic rings. The Labute approximate surface area is 104 Å². The molecule has 0 aliphatic rings. The number of aromatic nitrogens is 3. The third kappa shape index (κ3) is 3.80. The Hall–Kier alpha value is -0.900. The van der Waals surface area contributed by atoms with Gasteiger partial charge in [0.05, 0.1) is 11.9 Å². The summed E-state index contributed by atoms with van der Waals surface area (Å²) >= 11 is 0. The second-order valence-electron chi connectivity index (χ2n) is 4.66. The Bertz CT molecular complexity index is 305. The van der Waals surface area contributed by atoms with Crippen molar-refractivity contribution in [2.75, 3.05) is 0 Å². The number of aryl methyl sites for hydroxylation is 1. The molecule has 0 amide bonds. The van der Waals surface area contributed by atoms with Crippen LogP contribution in [-0.2, 0) is 6.54 Å². The zero-order valence-corrected chi connectivity index (χ0v) is 11.3. The number of hydrogen-bond donors (Lipinski definition) is 1. The van der Waals surface area contributed by atoms with Gasteiger partial charge in [0.2, 0.25) is 0 Å². The van der Waals surface area contributed by atoms with Crippen LogP contribution in [0, 0.1) is 5.92 Å². The first-order valence-corrected chi connectivity index (χ1v) is 6.80. The Balaban J connectivity index is 2.76. The van der Waals surface area contributed by atoms with E-state index < -0.39 is 6.10 Å². The van der Waals surface area contributed by atoms with E-state index >= 15 is 0 Å². The number of aliphatic hydroxyl groups excluding tert-OH is 1. The van der Waals surface area contributed by atoms with Crippen LogP contribution in [0.4, 0.5) is 0 Å². The summed E-state index contributed by atoms with van der Waals surface area (Å²) in [6.45, 7) is 7.26. The highest BCUT2D eigenvalue weighted by Gasteiger charge is 2.23. The van der Waals surface area contributed by atoms with Crippen LogP contribution in [0.15, 0.2) is 6.20 Å². The second-order valence-corrected chi connectivity index (χ2v) is 4.66. The first-order chi connectivity index (χ1) is 8.24. The zero-order chi connectivity index (χ0) is 12.7. The third-order valence-corrected chi connectivity index (χ3v) is 3.15. The lowest BCUT2D eigenvalue weighted by atomic mass is 9.91. The Morgan fingerprint density at radius 3 is 2.35 bits per heavy atom. The van der Waals surface area contributed by atoms with E-state index in [0.717, 1.165) is 44.3 Å². The molecule has 98 valence electrons. The molecule has 1 heterocycles. The van der Waals surface area contributed by atoms with Crippen LogP contribution in [0.5, 0.6) is 0 Å². The highest BCUT2D eigenvalue weighted by Crippen LogP contribution is 2.29. The highest BCUT2D eigenvalue weighted by molar-refractivity contribution is 5.01. The van der Waals surface area contributed by atoms with Gasteiger partial charge >= 0.3 is 0 Å². The molecule has 1 rings (SSSR count). The topological polar surface area (TPSA) is 50.9 Å². The van der Waals surface area contributed by atoms with Crippen molar-refractivity contribution >= 4 is 0 Å². The molecule has 0 aliphatic carbocycles. The van der Waals surface area contributed by atoms with E-state index in [1.54, 1.807) is 6.20 Å². The lowest BCUT2D eigenvalue weighted by molar-refractivity contribution is 0.0876. The SMILES string of the molecule is CCCC(CCC)C(O)c1cnnn1CCC. The van der Waals surface area contributed by atoms with Gasteiger partial charge in [0.15, 0.2) is 0 Å². The van der Waals surface area contributed by atoms with Crippen molar-refractivity contribution in [3.8, 4) is 0 Å². The van der Waals surface area contributed by atoms with Crippen LogP contribution in [-0.4, -0.2) is 20.1 Å². The molecule has 0 saturated heterocycles. The van der Waals surface area contributed by atoms with Gasteiger partial charge in [-0.25, -0.2) is 4.68 Å². The minimum atomic E-state index is -0.420. The van der Waals surface area contributed by atoms with E-state index in [0.29, 0.717) is 5.92 Å². The standard InChI is InChI=1S/C13H25N3O/c1-4-7-11(8-5-2)13(17)12-10-14-15-16(12)9-6-3/h10-11,13,17H,4-9H2,1-3H3. The maximum absolute atomic E-state index is 10.4. The van der Waals surface area contributed by atoms with Gasteiger partial charge in [-0.05, 0) is 25.2 Å². The van der Waals surface area contributed by atoms with E-state index in [1.165, 1.54) is 0 Å². The maximum atomic E-state index is 10.4. The fourth-order valence-corrected chi connectivity index (χ4v) is 2.32.